The number of piperazine rings is 1. The van der Waals surface area contributed by atoms with Crippen molar-refractivity contribution >= 4 is 11.5 Å². The van der Waals surface area contributed by atoms with Gasteiger partial charge in [0, 0.05) is 37.3 Å². The third-order valence-corrected chi connectivity index (χ3v) is 4.92. The van der Waals surface area contributed by atoms with Crippen LogP contribution >= 0.6 is 0 Å². The van der Waals surface area contributed by atoms with Crippen molar-refractivity contribution in [1.29, 1.82) is 0 Å². The van der Waals surface area contributed by atoms with Gasteiger partial charge in [0.15, 0.2) is 17.3 Å². The third kappa shape index (κ3) is 3.28. The second-order valence-electron chi connectivity index (χ2n) is 6.83. The monoisotopic (exact) mass is 396 g/mol. The number of alkyl halides is 3. The van der Waals surface area contributed by atoms with Gasteiger partial charge in [0.2, 0.25) is 5.89 Å². The summed E-state index contributed by atoms with van der Waals surface area (Å²) in [5.74, 6) is 0.546. The Balaban J connectivity index is 1.57. The minimum Gasteiger partial charge on any atom is -0.352 e. The maximum Gasteiger partial charge on any atom is 0.453 e. The second kappa shape index (κ2) is 6.69. The molecular weight excluding hydrogens is 377 g/mol. The summed E-state index contributed by atoms with van der Waals surface area (Å²) in [4.78, 5) is 8.34. The summed E-state index contributed by atoms with van der Waals surface area (Å²) in [6.45, 7) is 8.53. The topological polar surface area (TPSA) is 88.5 Å². The second-order valence-corrected chi connectivity index (χ2v) is 6.83. The summed E-state index contributed by atoms with van der Waals surface area (Å²) in [5, 5.41) is 15.0. The van der Waals surface area contributed by atoms with Gasteiger partial charge in [-0.25, -0.2) is 0 Å². The fraction of sp³-hybridized carbons (Fsp3) is 0.562. The summed E-state index contributed by atoms with van der Waals surface area (Å²) in [5.41, 5.74) is 1.56. The zero-order valence-corrected chi connectivity index (χ0v) is 15.7. The number of anilines is 1. The highest BCUT2D eigenvalue weighted by atomic mass is 19.4. The van der Waals surface area contributed by atoms with E-state index in [0.717, 1.165) is 10.1 Å². The summed E-state index contributed by atoms with van der Waals surface area (Å²) in [6.07, 6.45) is -4.62. The molecule has 4 rings (SSSR count). The first-order valence-electron chi connectivity index (χ1n) is 8.80. The molecule has 1 fully saturated rings. The van der Waals surface area contributed by atoms with E-state index in [0.29, 0.717) is 55.8 Å². The highest BCUT2D eigenvalue weighted by Crippen LogP contribution is 2.30. The third-order valence-electron chi connectivity index (χ3n) is 4.92. The molecule has 0 atom stereocenters. The molecule has 1 aliphatic heterocycles. The van der Waals surface area contributed by atoms with Gasteiger partial charge in [-0.3, -0.25) is 4.90 Å². The van der Waals surface area contributed by atoms with E-state index in [1.807, 2.05) is 11.8 Å². The number of aromatic nitrogens is 6. The van der Waals surface area contributed by atoms with Gasteiger partial charge >= 0.3 is 6.18 Å². The van der Waals surface area contributed by atoms with Crippen molar-refractivity contribution in [2.75, 3.05) is 31.1 Å². The maximum atomic E-state index is 13.2. The molecule has 12 heteroatoms. The quantitative estimate of drug-likeness (QED) is 0.662. The molecule has 0 N–H and O–H groups in total. The van der Waals surface area contributed by atoms with E-state index in [-0.39, 0.29) is 5.65 Å². The molecule has 28 heavy (non-hydrogen) atoms. The largest absolute Gasteiger partial charge is 0.453 e. The van der Waals surface area contributed by atoms with Crippen LogP contribution in [0.1, 0.15) is 28.7 Å². The molecule has 9 nitrogen and oxygen atoms in total. The Morgan fingerprint density at radius 2 is 1.71 bits per heavy atom. The Kier molecular flexibility index (Phi) is 4.44. The number of fused-ring (bicyclic) bond motifs is 1. The fourth-order valence-corrected chi connectivity index (χ4v) is 3.30. The number of hydrogen-bond donors (Lipinski definition) is 0. The molecule has 0 aliphatic carbocycles. The van der Waals surface area contributed by atoms with Gasteiger partial charge in [-0.15, -0.1) is 15.3 Å². The summed E-state index contributed by atoms with van der Waals surface area (Å²) < 4.78 is 45.6. The van der Waals surface area contributed by atoms with Crippen molar-refractivity contribution < 1.29 is 17.7 Å². The normalized spacial score (nSPS) is 16.3. The molecule has 1 aliphatic rings. The average molecular weight is 396 g/mol. The van der Waals surface area contributed by atoms with E-state index in [1.165, 1.54) is 0 Å². The van der Waals surface area contributed by atoms with Gasteiger partial charge in [-0.05, 0) is 20.8 Å². The van der Waals surface area contributed by atoms with Gasteiger partial charge < -0.3 is 9.42 Å². The Morgan fingerprint density at radius 3 is 2.32 bits per heavy atom. The van der Waals surface area contributed by atoms with Gasteiger partial charge in [0.25, 0.3) is 5.82 Å². The van der Waals surface area contributed by atoms with Crippen LogP contribution in [0.4, 0.5) is 19.0 Å². The molecule has 3 aromatic rings. The molecule has 1 saturated heterocycles. The highest BCUT2D eigenvalue weighted by Gasteiger charge is 2.38. The molecule has 150 valence electrons. The molecule has 0 aromatic carbocycles. The van der Waals surface area contributed by atoms with Gasteiger partial charge in [0.05, 0.1) is 6.54 Å². The molecule has 3 aromatic heterocycles. The minimum atomic E-state index is -4.62. The Morgan fingerprint density at radius 1 is 1.00 bits per heavy atom. The number of aryl methyl sites for hydroxylation is 2. The standard InChI is InChI=1S/C16H19F3N8O/c1-9-10(2)14(23-27-13(9)21-22-15(27)16(17,18)19)26-6-4-25(5-7-26)8-12-20-11(3)24-28-12/h4-8H2,1-3H3. The molecule has 0 radical (unpaired) electrons. The lowest BCUT2D eigenvalue weighted by molar-refractivity contribution is -0.146. The zero-order chi connectivity index (χ0) is 20.1. The van der Waals surface area contributed by atoms with E-state index in [9.17, 15) is 13.2 Å². The van der Waals surface area contributed by atoms with Crippen LogP contribution in [0.25, 0.3) is 5.65 Å². The summed E-state index contributed by atoms with van der Waals surface area (Å²) in [6, 6.07) is 0. The van der Waals surface area contributed by atoms with Crippen LogP contribution < -0.4 is 4.90 Å². The summed E-state index contributed by atoms with van der Waals surface area (Å²) >= 11 is 0. The van der Waals surface area contributed by atoms with Crippen molar-refractivity contribution in [2.24, 2.45) is 0 Å². The van der Waals surface area contributed by atoms with E-state index in [4.69, 9.17) is 4.52 Å². The van der Waals surface area contributed by atoms with Crippen LogP contribution in [0.5, 0.6) is 0 Å². The van der Waals surface area contributed by atoms with Crippen LogP contribution in [0.3, 0.4) is 0 Å². The van der Waals surface area contributed by atoms with Crippen LogP contribution in [-0.4, -0.2) is 61.0 Å². The fourth-order valence-electron chi connectivity index (χ4n) is 3.30. The van der Waals surface area contributed by atoms with Crippen LogP contribution in [-0.2, 0) is 12.7 Å². The SMILES string of the molecule is Cc1noc(CN2CCN(c3nn4c(C(F)(F)F)nnc4c(C)c3C)CC2)n1. The lowest BCUT2D eigenvalue weighted by Crippen LogP contribution is -2.46. The smallest absolute Gasteiger partial charge is 0.352 e. The van der Waals surface area contributed by atoms with E-state index in [1.54, 1.807) is 13.8 Å². The molecule has 0 bridgehead atoms. The maximum absolute atomic E-state index is 13.2. The lowest BCUT2D eigenvalue weighted by atomic mass is 10.1. The van der Waals surface area contributed by atoms with E-state index >= 15 is 0 Å². The van der Waals surface area contributed by atoms with Crippen LogP contribution in [0.15, 0.2) is 4.52 Å². The van der Waals surface area contributed by atoms with Crippen molar-refractivity contribution in [3.63, 3.8) is 0 Å². The first-order valence-corrected chi connectivity index (χ1v) is 8.80. The Labute approximate surface area is 158 Å². The van der Waals surface area contributed by atoms with Gasteiger partial charge in [-0.1, -0.05) is 5.16 Å². The number of rotatable bonds is 3. The molecule has 4 heterocycles. The zero-order valence-electron chi connectivity index (χ0n) is 15.7. The molecule has 0 spiro atoms. The Hall–Kier alpha value is -2.76. The molecule has 0 unspecified atom stereocenters. The predicted molar refractivity (Wildman–Crippen MR) is 91.8 cm³/mol. The minimum absolute atomic E-state index is 0.124. The van der Waals surface area contributed by atoms with Crippen molar-refractivity contribution in [3.05, 3.63) is 28.7 Å². The van der Waals surface area contributed by atoms with Gasteiger partial charge in [-0.2, -0.15) is 22.7 Å². The highest BCUT2D eigenvalue weighted by molar-refractivity contribution is 5.59. The number of hydrogen-bond acceptors (Lipinski definition) is 8. The average Bonchev–Trinajstić information content (AvgIpc) is 3.25. The molecule has 0 amide bonds. The molecule has 0 saturated carbocycles. The van der Waals surface area contributed by atoms with Gasteiger partial charge in [0.1, 0.15) is 0 Å². The van der Waals surface area contributed by atoms with Crippen molar-refractivity contribution in [3.8, 4) is 0 Å². The summed E-state index contributed by atoms with van der Waals surface area (Å²) in [7, 11) is 0. The first-order chi connectivity index (χ1) is 13.2. The number of halogens is 3. The van der Waals surface area contributed by atoms with Crippen molar-refractivity contribution in [2.45, 2.75) is 33.5 Å². The van der Waals surface area contributed by atoms with Crippen LogP contribution in [0, 0.1) is 20.8 Å². The van der Waals surface area contributed by atoms with Crippen molar-refractivity contribution in [1.82, 2.24) is 34.9 Å². The van der Waals surface area contributed by atoms with Crippen LogP contribution in [0.2, 0.25) is 0 Å². The lowest BCUT2D eigenvalue weighted by Gasteiger charge is -2.35. The van der Waals surface area contributed by atoms with E-state index in [2.05, 4.69) is 30.3 Å². The first kappa shape index (κ1) is 18.6. The number of nitrogens with zero attached hydrogens (tertiary/aromatic N) is 8. The predicted octanol–water partition coefficient (Wildman–Crippen LogP) is 1.77. The Bertz CT molecular complexity index is 1000. The molecular formula is C16H19F3N8O. The van der Waals surface area contributed by atoms with E-state index < -0.39 is 12.0 Å².